The maximum Gasteiger partial charge on any atom is 0.262 e. The zero-order valence-corrected chi connectivity index (χ0v) is 18.2. The number of nitrogens with zero attached hydrogens (tertiary/aromatic N) is 6. The van der Waals surface area contributed by atoms with Crippen LogP contribution in [0.2, 0.25) is 0 Å². The van der Waals surface area contributed by atoms with E-state index < -0.39 is 0 Å². The second-order valence-electron chi connectivity index (χ2n) is 8.75. The highest BCUT2D eigenvalue weighted by atomic mass is 16.2. The van der Waals surface area contributed by atoms with E-state index >= 15 is 0 Å². The van der Waals surface area contributed by atoms with Crippen molar-refractivity contribution in [1.29, 1.82) is 0 Å². The van der Waals surface area contributed by atoms with Gasteiger partial charge in [0.15, 0.2) is 5.82 Å². The van der Waals surface area contributed by atoms with Crippen molar-refractivity contribution in [1.82, 2.24) is 29.0 Å². The molecule has 2 fully saturated rings. The van der Waals surface area contributed by atoms with Crippen LogP contribution in [0.3, 0.4) is 0 Å². The van der Waals surface area contributed by atoms with Crippen LogP contribution in [0.1, 0.15) is 44.9 Å². The number of hydrogen-bond acceptors (Lipinski definition) is 5. The van der Waals surface area contributed by atoms with E-state index in [0.717, 1.165) is 63.2 Å². The molecular weight excluding hydrogens is 392 g/mol. The van der Waals surface area contributed by atoms with Crippen molar-refractivity contribution in [2.24, 2.45) is 5.92 Å². The summed E-state index contributed by atoms with van der Waals surface area (Å²) in [6.07, 6.45) is 5.32. The number of likely N-dealkylation sites (tertiary alicyclic amines) is 2. The van der Waals surface area contributed by atoms with Crippen molar-refractivity contribution < 1.29 is 4.79 Å². The Labute approximate surface area is 181 Å². The number of para-hydroxylation sites is 1. The van der Waals surface area contributed by atoms with E-state index in [1.807, 2.05) is 35.6 Å². The highest BCUT2D eigenvalue weighted by Gasteiger charge is 2.30. The van der Waals surface area contributed by atoms with Crippen molar-refractivity contribution >= 4 is 22.6 Å². The van der Waals surface area contributed by atoms with Crippen molar-refractivity contribution in [2.45, 2.75) is 52.1 Å². The van der Waals surface area contributed by atoms with Gasteiger partial charge in [-0.1, -0.05) is 12.1 Å². The van der Waals surface area contributed by atoms with Crippen molar-refractivity contribution in [2.75, 3.05) is 26.2 Å². The Hall–Kier alpha value is -2.74. The third-order valence-corrected chi connectivity index (χ3v) is 6.86. The van der Waals surface area contributed by atoms with Crippen LogP contribution in [0, 0.1) is 5.92 Å². The fraction of sp³-hybridized carbons (Fsp3) is 0.565. The maximum absolute atomic E-state index is 12.8. The second-order valence-corrected chi connectivity index (χ2v) is 8.75. The highest BCUT2D eigenvalue weighted by molar-refractivity contribution is 5.80. The first-order valence-electron chi connectivity index (χ1n) is 11.5. The van der Waals surface area contributed by atoms with Gasteiger partial charge in [-0.3, -0.25) is 23.5 Å². The molecule has 164 valence electrons. The lowest BCUT2D eigenvalue weighted by Crippen LogP contribution is -2.44. The van der Waals surface area contributed by atoms with E-state index in [-0.39, 0.29) is 11.5 Å². The molecule has 0 radical (unpaired) electrons. The number of benzene rings is 1. The minimum absolute atomic E-state index is 0.0263. The van der Waals surface area contributed by atoms with E-state index in [0.29, 0.717) is 30.2 Å². The predicted molar refractivity (Wildman–Crippen MR) is 119 cm³/mol. The summed E-state index contributed by atoms with van der Waals surface area (Å²) in [5, 5.41) is 9.50. The van der Waals surface area contributed by atoms with E-state index in [1.54, 1.807) is 4.57 Å². The number of carbonyl (C=O) groups excluding carboxylic acids is 1. The number of carbonyl (C=O) groups is 1. The average molecular weight is 423 g/mol. The molecule has 0 spiro atoms. The van der Waals surface area contributed by atoms with Gasteiger partial charge in [0.1, 0.15) is 0 Å². The Morgan fingerprint density at radius 1 is 1.03 bits per heavy atom. The molecule has 2 aromatic heterocycles. The largest absolute Gasteiger partial charge is 0.342 e. The van der Waals surface area contributed by atoms with Gasteiger partial charge in [-0.15, -0.1) is 10.2 Å². The molecule has 3 aromatic rings. The zero-order chi connectivity index (χ0) is 21.4. The predicted octanol–water partition coefficient (Wildman–Crippen LogP) is 2.29. The van der Waals surface area contributed by atoms with Gasteiger partial charge in [0, 0.05) is 25.6 Å². The summed E-state index contributed by atoms with van der Waals surface area (Å²) in [5.41, 5.74) is 0.823. The first-order chi connectivity index (χ1) is 15.2. The second kappa shape index (κ2) is 8.42. The van der Waals surface area contributed by atoms with E-state index in [9.17, 15) is 9.59 Å². The normalized spacial score (nSPS) is 18.8. The molecule has 2 saturated heterocycles. The van der Waals surface area contributed by atoms with Crippen LogP contribution in [0.15, 0.2) is 29.1 Å². The summed E-state index contributed by atoms with van der Waals surface area (Å²) in [5.74, 6) is 1.94. The monoisotopic (exact) mass is 422 g/mol. The molecule has 0 unspecified atom stereocenters. The van der Waals surface area contributed by atoms with Gasteiger partial charge in [-0.05, 0) is 64.3 Å². The molecular formula is C23H30N6O2. The van der Waals surface area contributed by atoms with Crippen LogP contribution in [0.25, 0.3) is 16.7 Å². The fourth-order valence-electron chi connectivity index (χ4n) is 5.11. The zero-order valence-electron chi connectivity index (χ0n) is 18.2. The molecule has 0 bridgehead atoms. The standard InChI is InChI=1S/C23H30N6O2/c1-2-28-22(31)18-8-4-5-9-19(18)29-20(24-25-23(28)29)16-26-14-10-17(11-15-26)21(30)27-12-6-3-7-13-27/h4-5,8-9,17H,2-3,6-7,10-16H2,1H3. The van der Waals surface area contributed by atoms with Crippen LogP contribution >= 0.6 is 0 Å². The number of fused-ring (bicyclic) bond motifs is 3. The molecule has 8 nitrogen and oxygen atoms in total. The lowest BCUT2D eigenvalue weighted by Gasteiger charge is -2.35. The first-order valence-corrected chi connectivity index (χ1v) is 11.5. The van der Waals surface area contributed by atoms with Gasteiger partial charge >= 0.3 is 0 Å². The molecule has 0 aliphatic carbocycles. The van der Waals surface area contributed by atoms with Crippen molar-refractivity contribution in [3.8, 4) is 0 Å². The van der Waals surface area contributed by atoms with E-state index in [2.05, 4.69) is 20.0 Å². The SMILES string of the molecule is CCn1c(=O)c2ccccc2n2c(CN3CCC(C(=O)N4CCCCC4)CC3)nnc12. The summed E-state index contributed by atoms with van der Waals surface area (Å²) in [4.78, 5) is 30.1. The first kappa shape index (κ1) is 20.2. The number of hydrogen-bond donors (Lipinski definition) is 0. The number of piperidine rings is 2. The molecule has 0 N–H and O–H groups in total. The average Bonchev–Trinajstić information content (AvgIpc) is 3.23. The summed E-state index contributed by atoms with van der Waals surface area (Å²) >= 11 is 0. The van der Waals surface area contributed by atoms with Gasteiger partial charge in [0.2, 0.25) is 11.7 Å². The molecule has 8 heteroatoms. The highest BCUT2D eigenvalue weighted by Crippen LogP contribution is 2.23. The van der Waals surface area contributed by atoms with Gasteiger partial charge in [0.25, 0.3) is 5.56 Å². The van der Waals surface area contributed by atoms with E-state index in [1.165, 1.54) is 6.42 Å². The molecule has 0 atom stereocenters. The van der Waals surface area contributed by atoms with Gasteiger partial charge in [-0.25, -0.2) is 0 Å². The number of rotatable bonds is 4. The summed E-state index contributed by atoms with van der Waals surface area (Å²) in [7, 11) is 0. The summed E-state index contributed by atoms with van der Waals surface area (Å²) in [6.45, 7) is 6.78. The lowest BCUT2D eigenvalue weighted by atomic mass is 9.94. The van der Waals surface area contributed by atoms with Crippen LogP contribution in [0.4, 0.5) is 0 Å². The molecule has 0 saturated carbocycles. The minimum atomic E-state index is -0.0263. The molecule has 4 heterocycles. The molecule has 31 heavy (non-hydrogen) atoms. The Balaban J connectivity index is 1.35. The van der Waals surface area contributed by atoms with Gasteiger partial charge in [0.05, 0.1) is 17.4 Å². The third-order valence-electron chi connectivity index (χ3n) is 6.86. The number of aryl methyl sites for hydroxylation is 1. The van der Waals surface area contributed by atoms with Crippen LogP contribution < -0.4 is 5.56 Å². The maximum atomic E-state index is 12.8. The Morgan fingerprint density at radius 3 is 2.52 bits per heavy atom. The van der Waals surface area contributed by atoms with Crippen LogP contribution in [-0.4, -0.2) is 61.1 Å². The Kier molecular flexibility index (Phi) is 5.48. The quantitative estimate of drug-likeness (QED) is 0.645. The number of aromatic nitrogens is 4. The van der Waals surface area contributed by atoms with Crippen LogP contribution in [0.5, 0.6) is 0 Å². The molecule has 1 aromatic carbocycles. The Bertz CT molecular complexity index is 1150. The molecule has 1 amide bonds. The summed E-state index contributed by atoms with van der Waals surface area (Å²) < 4.78 is 3.70. The van der Waals surface area contributed by atoms with E-state index in [4.69, 9.17) is 0 Å². The molecule has 5 rings (SSSR count). The third kappa shape index (κ3) is 3.63. The minimum Gasteiger partial charge on any atom is -0.342 e. The number of amides is 1. The fourth-order valence-corrected chi connectivity index (χ4v) is 5.11. The summed E-state index contributed by atoms with van der Waals surface area (Å²) in [6, 6.07) is 7.66. The van der Waals surface area contributed by atoms with Crippen molar-refractivity contribution in [3.63, 3.8) is 0 Å². The van der Waals surface area contributed by atoms with Crippen molar-refractivity contribution in [3.05, 3.63) is 40.4 Å². The van der Waals surface area contributed by atoms with Crippen LogP contribution in [-0.2, 0) is 17.9 Å². The van der Waals surface area contributed by atoms with Gasteiger partial charge < -0.3 is 4.90 Å². The smallest absolute Gasteiger partial charge is 0.262 e. The molecule has 2 aliphatic heterocycles. The Morgan fingerprint density at radius 2 is 1.77 bits per heavy atom. The van der Waals surface area contributed by atoms with Gasteiger partial charge in [-0.2, -0.15) is 0 Å². The topological polar surface area (TPSA) is 75.7 Å². The lowest BCUT2D eigenvalue weighted by molar-refractivity contribution is -0.138. The molecule has 2 aliphatic rings.